The zero-order chi connectivity index (χ0) is 9.10. The fourth-order valence-electron chi connectivity index (χ4n) is 1.92. The molecule has 1 aliphatic heterocycles. The molecule has 0 aliphatic carbocycles. The first-order valence-corrected chi connectivity index (χ1v) is 5.62. The third-order valence-electron chi connectivity index (χ3n) is 2.64. The molecule has 0 bridgehead atoms. The lowest BCUT2D eigenvalue weighted by atomic mass is 9.92. The Kier molecular flexibility index (Phi) is 4.93. The summed E-state index contributed by atoms with van der Waals surface area (Å²) in [4.78, 5) is 0. The highest BCUT2D eigenvalue weighted by atomic mass is 79.9. The van der Waals surface area contributed by atoms with Crippen molar-refractivity contribution in [2.75, 3.05) is 13.1 Å². The largest absolute Gasteiger partial charge is 0.316 e. The second-order valence-corrected chi connectivity index (χ2v) is 4.42. The number of hydrogen-bond acceptors (Lipinski definition) is 1. The molecule has 78 valence electrons. The first kappa shape index (κ1) is 12.0. The van der Waals surface area contributed by atoms with Crippen molar-refractivity contribution in [1.82, 2.24) is 5.32 Å². The van der Waals surface area contributed by atoms with Gasteiger partial charge in [0.2, 0.25) is 0 Å². The fraction of sp³-hybridized carbons (Fsp3) is 0.455. The maximum absolute atomic E-state index is 3.60. The van der Waals surface area contributed by atoms with Gasteiger partial charge in [0.1, 0.15) is 0 Å². The SMILES string of the molecule is Brc1ccccc1[C@H]1CCCNC1.Cl. The number of hydrogen-bond donors (Lipinski definition) is 1. The molecule has 1 atom stereocenters. The van der Waals surface area contributed by atoms with Crippen molar-refractivity contribution < 1.29 is 0 Å². The Labute approximate surface area is 99.8 Å². The Balaban J connectivity index is 0.000000980. The Morgan fingerprint density at radius 3 is 2.71 bits per heavy atom. The van der Waals surface area contributed by atoms with E-state index in [-0.39, 0.29) is 12.4 Å². The van der Waals surface area contributed by atoms with Crippen molar-refractivity contribution >= 4 is 28.3 Å². The van der Waals surface area contributed by atoms with Crippen molar-refractivity contribution in [2.24, 2.45) is 0 Å². The summed E-state index contributed by atoms with van der Waals surface area (Å²) in [6.07, 6.45) is 2.61. The van der Waals surface area contributed by atoms with Gasteiger partial charge in [0.25, 0.3) is 0 Å². The molecule has 3 heteroatoms. The predicted octanol–water partition coefficient (Wildman–Crippen LogP) is 3.34. The quantitative estimate of drug-likeness (QED) is 0.829. The van der Waals surface area contributed by atoms with Gasteiger partial charge in [-0.2, -0.15) is 0 Å². The van der Waals surface area contributed by atoms with Crippen molar-refractivity contribution in [2.45, 2.75) is 18.8 Å². The van der Waals surface area contributed by atoms with Crippen LogP contribution in [0.5, 0.6) is 0 Å². The molecule has 0 amide bonds. The summed E-state index contributed by atoms with van der Waals surface area (Å²) in [5.74, 6) is 0.698. The van der Waals surface area contributed by atoms with E-state index in [0.717, 1.165) is 6.54 Å². The molecule has 1 aromatic carbocycles. The average Bonchev–Trinajstić information content (AvgIpc) is 2.20. The fourth-order valence-corrected chi connectivity index (χ4v) is 2.53. The van der Waals surface area contributed by atoms with Gasteiger partial charge in [-0.25, -0.2) is 0 Å². The Bertz CT molecular complexity index is 284. The van der Waals surface area contributed by atoms with Crippen LogP contribution in [-0.4, -0.2) is 13.1 Å². The molecule has 0 unspecified atom stereocenters. The van der Waals surface area contributed by atoms with E-state index in [1.54, 1.807) is 0 Å². The van der Waals surface area contributed by atoms with E-state index in [1.807, 2.05) is 0 Å². The lowest BCUT2D eigenvalue weighted by Crippen LogP contribution is -2.28. The maximum atomic E-state index is 3.60. The van der Waals surface area contributed by atoms with Gasteiger partial charge in [0, 0.05) is 11.0 Å². The van der Waals surface area contributed by atoms with Gasteiger partial charge in [-0.05, 0) is 36.9 Å². The second-order valence-electron chi connectivity index (χ2n) is 3.56. The number of nitrogens with one attached hydrogen (secondary N) is 1. The molecule has 0 aromatic heterocycles. The molecule has 1 heterocycles. The summed E-state index contributed by atoms with van der Waals surface area (Å²) in [7, 11) is 0. The number of piperidine rings is 1. The highest BCUT2D eigenvalue weighted by molar-refractivity contribution is 9.10. The van der Waals surface area contributed by atoms with Crippen LogP contribution < -0.4 is 5.32 Å². The van der Waals surface area contributed by atoms with Crippen LogP contribution in [0.2, 0.25) is 0 Å². The maximum Gasteiger partial charge on any atom is 0.0210 e. The van der Waals surface area contributed by atoms with E-state index in [2.05, 4.69) is 45.5 Å². The van der Waals surface area contributed by atoms with E-state index in [4.69, 9.17) is 0 Å². The van der Waals surface area contributed by atoms with Crippen LogP contribution in [0.1, 0.15) is 24.3 Å². The molecule has 1 saturated heterocycles. The van der Waals surface area contributed by atoms with Crippen LogP contribution in [0.3, 0.4) is 0 Å². The van der Waals surface area contributed by atoms with Crippen LogP contribution in [0, 0.1) is 0 Å². The minimum Gasteiger partial charge on any atom is -0.316 e. The second kappa shape index (κ2) is 5.74. The first-order chi connectivity index (χ1) is 6.38. The van der Waals surface area contributed by atoms with E-state index < -0.39 is 0 Å². The van der Waals surface area contributed by atoms with Gasteiger partial charge < -0.3 is 5.32 Å². The predicted molar refractivity (Wildman–Crippen MR) is 66.2 cm³/mol. The van der Waals surface area contributed by atoms with Crippen molar-refractivity contribution in [3.63, 3.8) is 0 Å². The summed E-state index contributed by atoms with van der Waals surface area (Å²) in [6.45, 7) is 2.31. The van der Waals surface area contributed by atoms with Gasteiger partial charge in [-0.1, -0.05) is 34.1 Å². The number of rotatable bonds is 1. The Morgan fingerprint density at radius 2 is 2.07 bits per heavy atom. The molecule has 0 saturated carbocycles. The van der Waals surface area contributed by atoms with E-state index >= 15 is 0 Å². The molecule has 14 heavy (non-hydrogen) atoms. The third kappa shape index (κ3) is 2.72. The topological polar surface area (TPSA) is 12.0 Å². The monoisotopic (exact) mass is 275 g/mol. The number of benzene rings is 1. The number of halogens is 2. The molecule has 1 N–H and O–H groups in total. The van der Waals surface area contributed by atoms with Crippen LogP contribution >= 0.6 is 28.3 Å². The van der Waals surface area contributed by atoms with Gasteiger partial charge >= 0.3 is 0 Å². The zero-order valence-electron chi connectivity index (χ0n) is 8.00. The van der Waals surface area contributed by atoms with Gasteiger partial charge in [-0.15, -0.1) is 12.4 Å². The molecular weight excluding hydrogens is 261 g/mol. The van der Waals surface area contributed by atoms with Gasteiger partial charge in [0.15, 0.2) is 0 Å². The Hall–Kier alpha value is -0.0500. The van der Waals surface area contributed by atoms with Crippen LogP contribution in [0.15, 0.2) is 28.7 Å². The first-order valence-electron chi connectivity index (χ1n) is 4.83. The van der Waals surface area contributed by atoms with Gasteiger partial charge in [0.05, 0.1) is 0 Å². The van der Waals surface area contributed by atoms with E-state index in [0.29, 0.717) is 5.92 Å². The zero-order valence-corrected chi connectivity index (χ0v) is 10.4. The molecule has 0 spiro atoms. The summed E-state index contributed by atoms with van der Waals surface area (Å²) in [6, 6.07) is 8.55. The minimum absolute atomic E-state index is 0. The van der Waals surface area contributed by atoms with Crippen molar-refractivity contribution in [3.05, 3.63) is 34.3 Å². The minimum atomic E-state index is 0. The lowest BCUT2D eigenvalue weighted by molar-refractivity contribution is 0.460. The van der Waals surface area contributed by atoms with Gasteiger partial charge in [-0.3, -0.25) is 0 Å². The van der Waals surface area contributed by atoms with Crippen molar-refractivity contribution in [1.29, 1.82) is 0 Å². The normalized spacial score (nSPS) is 21.4. The average molecular weight is 277 g/mol. The molecule has 1 aliphatic rings. The molecule has 0 radical (unpaired) electrons. The lowest BCUT2D eigenvalue weighted by Gasteiger charge is -2.23. The smallest absolute Gasteiger partial charge is 0.0210 e. The molecule has 1 aromatic rings. The third-order valence-corrected chi connectivity index (χ3v) is 3.36. The van der Waals surface area contributed by atoms with E-state index in [9.17, 15) is 0 Å². The highest BCUT2D eigenvalue weighted by Crippen LogP contribution is 2.29. The van der Waals surface area contributed by atoms with Crippen LogP contribution in [0.25, 0.3) is 0 Å². The highest BCUT2D eigenvalue weighted by Gasteiger charge is 2.16. The standard InChI is InChI=1S/C11H14BrN.ClH/c12-11-6-2-1-5-10(11)9-4-3-7-13-8-9;/h1-2,5-6,9,13H,3-4,7-8H2;1H/t9-;/m0./s1. The molecular formula is C11H15BrClN. The van der Waals surface area contributed by atoms with Crippen molar-refractivity contribution in [3.8, 4) is 0 Å². The van der Waals surface area contributed by atoms with E-state index in [1.165, 1.54) is 29.4 Å². The summed E-state index contributed by atoms with van der Waals surface area (Å²) in [5, 5.41) is 3.44. The summed E-state index contributed by atoms with van der Waals surface area (Å²) in [5.41, 5.74) is 1.45. The molecule has 1 fully saturated rings. The van der Waals surface area contributed by atoms with Crippen LogP contribution in [0.4, 0.5) is 0 Å². The molecule has 1 nitrogen and oxygen atoms in total. The summed E-state index contributed by atoms with van der Waals surface area (Å²) < 4.78 is 1.25. The summed E-state index contributed by atoms with van der Waals surface area (Å²) >= 11 is 3.60. The molecule has 2 rings (SSSR count). The van der Waals surface area contributed by atoms with Crippen LogP contribution in [-0.2, 0) is 0 Å². The Morgan fingerprint density at radius 1 is 1.29 bits per heavy atom.